The third kappa shape index (κ3) is 2.34. The van der Waals surface area contributed by atoms with Crippen molar-refractivity contribution in [1.29, 1.82) is 0 Å². The van der Waals surface area contributed by atoms with E-state index in [0.29, 0.717) is 0 Å². The van der Waals surface area contributed by atoms with Crippen LogP contribution in [0.3, 0.4) is 0 Å². The Hall–Kier alpha value is -1.74. The van der Waals surface area contributed by atoms with Gasteiger partial charge in [-0.15, -0.1) is 5.10 Å². The number of aromatic nitrogens is 2. The molecule has 0 aliphatic carbocycles. The molecular formula is C10H7ClF3N3O2S. The number of anilines is 1. The van der Waals surface area contributed by atoms with Crippen LogP contribution < -0.4 is 5.73 Å². The number of halogens is 4. The number of hydrogen-bond donors (Lipinski definition) is 1. The van der Waals surface area contributed by atoms with Gasteiger partial charge in [0.05, 0.1) is 11.9 Å². The van der Waals surface area contributed by atoms with Gasteiger partial charge in [0.1, 0.15) is 9.92 Å². The third-order valence-corrected chi connectivity index (χ3v) is 4.23. The highest BCUT2D eigenvalue weighted by atomic mass is 35.5. The van der Waals surface area contributed by atoms with Crippen molar-refractivity contribution in [2.45, 2.75) is 10.4 Å². The van der Waals surface area contributed by atoms with Crippen LogP contribution >= 0.6 is 11.6 Å². The predicted molar refractivity (Wildman–Crippen MR) is 66.2 cm³/mol. The fourth-order valence-electron chi connectivity index (χ4n) is 1.49. The lowest BCUT2D eigenvalue weighted by Gasteiger charge is -2.12. The maximum atomic E-state index is 12.6. The Kier molecular flexibility index (Phi) is 3.42. The Bertz CT molecular complexity index is 736. The van der Waals surface area contributed by atoms with Crippen molar-refractivity contribution in [3.05, 3.63) is 35.5 Å². The molecule has 1 aromatic heterocycles. The first-order valence-corrected chi connectivity index (χ1v) is 6.92. The van der Waals surface area contributed by atoms with Gasteiger partial charge in [0.2, 0.25) is 0 Å². The van der Waals surface area contributed by atoms with Gasteiger partial charge in [-0.25, -0.2) is 13.1 Å². The quantitative estimate of drug-likeness (QED) is 0.919. The minimum atomic E-state index is -5.50. The molecule has 2 N–H and O–H groups in total. The molecule has 0 aliphatic heterocycles. The maximum Gasteiger partial charge on any atom is 0.501 e. The van der Waals surface area contributed by atoms with E-state index in [-0.39, 0.29) is 16.5 Å². The van der Waals surface area contributed by atoms with E-state index < -0.39 is 20.2 Å². The highest BCUT2D eigenvalue weighted by Crippen LogP contribution is 2.33. The SMILES string of the molecule is Nc1nn(-c2ccccc2S(=O)(=O)C(F)(F)F)cc1Cl. The molecular weight excluding hydrogens is 319 g/mol. The summed E-state index contributed by atoms with van der Waals surface area (Å²) < 4.78 is 61.8. The average molecular weight is 326 g/mol. The number of rotatable bonds is 2. The Balaban J connectivity index is 2.70. The number of hydrogen-bond acceptors (Lipinski definition) is 4. The molecule has 2 aromatic rings. The number of nitrogen functional groups attached to an aromatic ring is 1. The minimum absolute atomic E-state index is 0.00390. The van der Waals surface area contributed by atoms with Crippen molar-refractivity contribution < 1.29 is 21.6 Å². The van der Waals surface area contributed by atoms with Crippen LogP contribution in [-0.2, 0) is 9.84 Å². The summed E-state index contributed by atoms with van der Waals surface area (Å²) in [7, 11) is -5.50. The Morgan fingerprint density at radius 2 is 1.85 bits per heavy atom. The van der Waals surface area contributed by atoms with E-state index in [0.717, 1.165) is 16.9 Å². The first-order chi connectivity index (χ1) is 9.14. The number of benzene rings is 1. The van der Waals surface area contributed by atoms with Crippen molar-refractivity contribution >= 4 is 27.3 Å². The van der Waals surface area contributed by atoms with Crippen molar-refractivity contribution in [2.75, 3.05) is 5.73 Å². The first kappa shape index (κ1) is 14.7. The van der Waals surface area contributed by atoms with Gasteiger partial charge in [-0.05, 0) is 12.1 Å². The molecule has 0 aliphatic rings. The summed E-state index contributed by atoms with van der Waals surface area (Å²) in [4.78, 5) is -0.924. The van der Waals surface area contributed by atoms with E-state index in [1.807, 2.05) is 0 Å². The largest absolute Gasteiger partial charge is 0.501 e. The van der Waals surface area contributed by atoms with E-state index in [1.54, 1.807) is 0 Å². The second-order valence-corrected chi connectivity index (χ2v) is 6.04. The smallest absolute Gasteiger partial charge is 0.381 e. The summed E-state index contributed by atoms with van der Waals surface area (Å²) in [6.07, 6.45) is 1.13. The van der Waals surface area contributed by atoms with Gasteiger partial charge < -0.3 is 5.73 Å². The van der Waals surface area contributed by atoms with E-state index >= 15 is 0 Å². The van der Waals surface area contributed by atoms with Gasteiger partial charge in [-0.3, -0.25) is 0 Å². The minimum Gasteiger partial charge on any atom is -0.381 e. The molecule has 0 fully saturated rings. The summed E-state index contributed by atoms with van der Waals surface area (Å²) in [5.41, 5.74) is -0.312. The van der Waals surface area contributed by atoms with Gasteiger partial charge in [0.25, 0.3) is 9.84 Å². The van der Waals surface area contributed by atoms with Crippen LogP contribution in [0.2, 0.25) is 5.02 Å². The molecule has 20 heavy (non-hydrogen) atoms. The van der Waals surface area contributed by atoms with Crippen LogP contribution in [-0.4, -0.2) is 23.7 Å². The number of nitrogens with two attached hydrogens (primary N) is 1. The van der Waals surface area contributed by atoms with Crippen molar-refractivity contribution in [1.82, 2.24) is 9.78 Å². The van der Waals surface area contributed by atoms with Gasteiger partial charge in [0, 0.05) is 0 Å². The second kappa shape index (κ2) is 4.67. The summed E-state index contributed by atoms with van der Waals surface area (Å²) in [6.45, 7) is 0. The fourth-order valence-corrected chi connectivity index (χ4v) is 2.56. The van der Waals surface area contributed by atoms with Crippen LogP contribution in [0.25, 0.3) is 5.69 Å². The summed E-state index contributed by atoms with van der Waals surface area (Å²) in [5, 5.41) is 3.67. The number of alkyl halides is 3. The zero-order chi connectivity index (χ0) is 15.1. The normalized spacial score (nSPS) is 12.6. The Labute approximate surface area is 116 Å². The molecule has 108 valence electrons. The van der Waals surface area contributed by atoms with E-state index in [2.05, 4.69) is 5.10 Å². The molecule has 0 saturated carbocycles. The van der Waals surface area contributed by atoms with Crippen LogP contribution in [0, 0.1) is 0 Å². The van der Waals surface area contributed by atoms with Gasteiger partial charge in [0.15, 0.2) is 5.82 Å². The predicted octanol–water partition coefficient (Wildman–Crippen LogP) is 2.40. The zero-order valence-electron chi connectivity index (χ0n) is 9.60. The van der Waals surface area contributed by atoms with E-state index in [9.17, 15) is 21.6 Å². The number of nitrogens with zero attached hydrogens (tertiary/aromatic N) is 2. The number of sulfone groups is 1. The van der Waals surface area contributed by atoms with Crippen LogP contribution in [0.15, 0.2) is 35.4 Å². The van der Waals surface area contributed by atoms with E-state index in [4.69, 9.17) is 17.3 Å². The lowest BCUT2D eigenvalue weighted by atomic mass is 10.3. The molecule has 0 bridgehead atoms. The van der Waals surface area contributed by atoms with Crippen LogP contribution in [0.5, 0.6) is 0 Å². The summed E-state index contributed by atoms with van der Waals surface area (Å²) in [6, 6.07) is 4.55. The topological polar surface area (TPSA) is 78.0 Å². The maximum absolute atomic E-state index is 12.6. The van der Waals surface area contributed by atoms with E-state index in [1.165, 1.54) is 18.2 Å². The molecule has 0 unspecified atom stereocenters. The number of para-hydroxylation sites is 1. The molecule has 0 radical (unpaired) electrons. The van der Waals surface area contributed by atoms with Crippen molar-refractivity contribution in [3.63, 3.8) is 0 Å². The second-order valence-electron chi connectivity index (χ2n) is 3.72. The lowest BCUT2D eigenvalue weighted by Crippen LogP contribution is -2.24. The molecule has 1 heterocycles. The lowest BCUT2D eigenvalue weighted by molar-refractivity contribution is -0.0436. The van der Waals surface area contributed by atoms with Gasteiger partial charge >= 0.3 is 5.51 Å². The molecule has 0 saturated heterocycles. The molecule has 0 atom stereocenters. The standard InChI is InChI=1S/C10H7ClF3N3O2S/c11-6-5-17(16-9(6)15)7-3-1-2-4-8(7)20(18,19)10(12,13)14/h1-5H,(H2,15,16). The molecule has 0 amide bonds. The van der Waals surface area contributed by atoms with Crippen molar-refractivity contribution in [2.24, 2.45) is 0 Å². The summed E-state index contributed by atoms with van der Waals surface area (Å²) in [5.74, 6) is -0.120. The highest BCUT2D eigenvalue weighted by molar-refractivity contribution is 7.92. The average Bonchev–Trinajstić information content (AvgIpc) is 2.68. The fraction of sp³-hybridized carbons (Fsp3) is 0.100. The third-order valence-electron chi connectivity index (χ3n) is 2.40. The molecule has 0 spiro atoms. The monoisotopic (exact) mass is 325 g/mol. The summed E-state index contributed by atoms with van der Waals surface area (Å²) >= 11 is 5.66. The van der Waals surface area contributed by atoms with Crippen LogP contribution in [0.4, 0.5) is 19.0 Å². The molecule has 5 nitrogen and oxygen atoms in total. The molecule has 2 rings (SSSR count). The van der Waals surface area contributed by atoms with Crippen LogP contribution in [0.1, 0.15) is 0 Å². The molecule has 1 aromatic carbocycles. The Morgan fingerprint density at radius 3 is 2.35 bits per heavy atom. The van der Waals surface area contributed by atoms with Crippen molar-refractivity contribution in [3.8, 4) is 5.69 Å². The Morgan fingerprint density at radius 1 is 1.25 bits per heavy atom. The van der Waals surface area contributed by atoms with Gasteiger partial charge in [-0.1, -0.05) is 23.7 Å². The molecule has 10 heteroatoms. The van der Waals surface area contributed by atoms with Gasteiger partial charge in [-0.2, -0.15) is 13.2 Å². The highest BCUT2D eigenvalue weighted by Gasteiger charge is 2.48. The zero-order valence-corrected chi connectivity index (χ0v) is 11.2. The first-order valence-electron chi connectivity index (χ1n) is 5.06.